The molecule has 0 aliphatic carbocycles. The van der Waals surface area contributed by atoms with Gasteiger partial charge >= 0.3 is 0 Å². The van der Waals surface area contributed by atoms with Crippen molar-refractivity contribution in [2.45, 2.75) is 0 Å². The van der Waals surface area contributed by atoms with E-state index in [9.17, 15) is 0 Å². The quantitative estimate of drug-likeness (QED) is 0.0899. The smallest absolute Gasteiger partial charge is 0.126 e. The van der Waals surface area contributed by atoms with Gasteiger partial charge < -0.3 is 37.9 Å². The van der Waals surface area contributed by atoms with Gasteiger partial charge in [0.2, 0.25) is 0 Å². The van der Waals surface area contributed by atoms with E-state index in [1.54, 1.807) is 28.4 Å². The summed E-state index contributed by atoms with van der Waals surface area (Å²) in [6.07, 6.45) is 0. The Balaban J connectivity index is 0.000000151. The zero-order valence-corrected chi connectivity index (χ0v) is 62.4. The van der Waals surface area contributed by atoms with Crippen molar-refractivity contribution >= 4 is 121 Å². The molecular formula is C104H76N4O4. The van der Waals surface area contributed by atoms with Gasteiger partial charge in [0.15, 0.2) is 0 Å². The number of aromatic nitrogens is 2. The van der Waals surface area contributed by atoms with Crippen LogP contribution in [0.25, 0.3) is 143 Å². The van der Waals surface area contributed by atoms with Gasteiger partial charge in [0, 0.05) is 111 Å². The molecule has 0 saturated heterocycles. The summed E-state index contributed by atoms with van der Waals surface area (Å²) < 4.78 is 28.9. The average Bonchev–Trinajstić information content (AvgIpc) is 1.02. The van der Waals surface area contributed by atoms with Crippen molar-refractivity contribution in [3.05, 3.63) is 388 Å². The number of methoxy groups -OCH3 is 4. The normalized spacial score (nSPS) is 11.4. The Morgan fingerprint density at radius 3 is 0.929 bits per heavy atom. The minimum absolute atomic E-state index is 0.820. The zero-order valence-electron chi connectivity index (χ0n) is 62.4. The molecule has 0 bridgehead atoms. The molecule has 2 aromatic heterocycles. The molecule has 8 nitrogen and oxygen atoms in total. The summed E-state index contributed by atoms with van der Waals surface area (Å²) in [5.74, 6) is 3.31. The topological polar surface area (TPSA) is 53.3 Å². The summed E-state index contributed by atoms with van der Waals surface area (Å²) in [4.78, 5) is 4.79. The SMILES string of the molecule is COc1ccccc1-c1c2ccccc2c(-c2ccccc2OC)c2c(N(c3ccccc3)c3ccc4c(c3)c3ccccc3n4-c3ccccc3)cccc12.COc1ccccc1-c1c2ccccc2c(-c2ccccc2OC)c2cc(N(c3ccccc3)c3ccc4c(c3)c3ccccc3n4-c3ccccc3)ccc12. The fourth-order valence-corrected chi connectivity index (χ4v) is 17.2. The summed E-state index contributed by atoms with van der Waals surface area (Å²) >= 11 is 0. The monoisotopic (exact) mass is 1440 g/mol. The van der Waals surface area contributed by atoms with Gasteiger partial charge in [-0.05, 0) is 177 Å². The van der Waals surface area contributed by atoms with Gasteiger partial charge in [-0.25, -0.2) is 0 Å². The maximum absolute atomic E-state index is 6.11. The Hall–Kier alpha value is -14.6. The highest BCUT2D eigenvalue weighted by Crippen LogP contribution is 2.54. The lowest BCUT2D eigenvalue weighted by atomic mass is 9.84. The Morgan fingerprint density at radius 2 is 0.491 bits per heavy atom. The number of anilines is 6. The van der Waals surface area contributed by atoms with Gasteiger partial charge in [-0.15, -0.1) is 0 Å². The van der Waals surface area contributed by atoms with Crippen molar-refractivity contribution < 1.29 is 18.9 Å². The summed E-state index contributed by atoms with van der Waals surface area (Å²) in [7, 11) is 7.00. The van der Waals surface area contributed by atoms with Crippen LogP contribution in [0.1, 0.15) is 0 Å². The van der Waals surface area contributed by atoms with Crippen LogP contribution >= 0.6 is 0 Å². The second-order valence-corrected chi connectivity index (χ2v) is 27.9. The van der Waals surface area contributed by atoms with E-state index in [2.05, 4.69) is 365 Å². The highest BCUT2D eigenvalue weighted by molar-refractivity contribution is 6.27. The molecule has 0 fully saturated rings. The molecule has 20 rings (SSSR count). The number of fused-ring (bicyclic) bond motifs is 10. The van der Waals surface area contributed by atoms with Crippen LogP contribution in [0.15, 0.2) is 388 Å². The number of nitrogens with zero attached hydrogens (tertiary/aromatic N) is 4. The largest absolute Gasteiger partial charge is 0.496 e. The minimum Gasteiger partial charge on any atom is -0.496 e. The number of ether oxygens (including phenoxy) is 4. The third kappa shape index (κ3) is 11.6. The molecule has 18 aromatic carbocycles. The lowest BCUT2D eigenvalue weighted by Crippen LogP contribution is -2.11. The van der Waals surface area contributed by atoms with Crippen LogP contribution in [-0.2, 0) is 0 Å². The van der Waals surface area contributed by atoms with Gasteiger partial charge in [0.25, 0.3) is 0 Å². The first-order valence-corrected chi connectivity index (χ1v) is 37.9. The van der Waals surface area contributed by atoms with Crippen LogP contribution in [-0.4, -0.2) is 37.6 Å². The van der Waals surface area contributed by atoms with E-state index in [-0.39, 0.29) is 0 Å². The van der Waals surface area contributed by atoms with E-state index >= 15 is 0 Å². The third-order valence-electron chi connectivity index (χ3n) is 21.9. The van der Waals surface area contributed by atoms with E-state index in [0.717, 1.165) is 162 Å². The summed E-state index contributed by atoms with van der Waals surface area (Å²) in [5.41, 5.74) is 22.0. The van der Waals surface area contributed by atoms with Gasteiger partial charge in [-0.2, -0.15) is 0 Å². The van der Waals surface area contributed by atoms with Crippen molar-refractivity contribution in [1.82, 2.24) is 9.13 Å². The maximum atomic E-state index is 6.11. The molecule has 8 heteroatoms. The average molecular weight is 1450 g/mol. The molecule has 0 aliphatic rings. The number of para-hydroxylation sites is 10. The second kappa shape index (κ2) is 29.2. The first-order valence-electron chi connectivity index (χ1n) is 37.9. The molecule has 0 atom stereocenters. The van der Waals surface area contributed by atoms with E-state index in [1.807, 2.05) is 42.5 Å². The lowest BCUT2D eigenvalue weighted by Gasteiger charge is -2.29. The molecule has 20 aromatic rings. The highest BCUT2D eigenvalue weighted by atomic mass is 16.5. The predicted octanol–water partition coefficient (Wildman–Crippen LogP) is 27.8. The lowest BCUT2D eigenvalue weighted by molar-refractivity contribution is 0.416. The molecule has 536 valence electrons. The number of benzene rings is 18. The fraction of sp³-hybridized carbons (Fsp3) is 0.0385. The molecular weight excluding hydrogens is 1370 g/mol. The standard InChI is InChI=1S/2C52H38N2O2/c1-55-48-30-15-12-25-41(48)50-39-23-9-10-24-40(39)51(42-26-13-16-31-49(42)56-2)52-43(50)27-17-29-47(52)53(35-18-5-3-6-19-35)37-32-33-46-44(34-37)38-22-11-14-28-45(38)54(46)36-20-7-4-8-21-36;1-55-49-27-15-12-24-43(49)51-40-22-9-10-23-41(40)52(44-25-13-16-28-50(44)56-2)46-34-37(29-31-42(46)51)53(35-17-5-3-6-18-35)38-30-32-48-45(33-38)39-21-11-14-26-47(39)54(48)36-19-7-4-8-20-36/h2*3-34H,1-2H3. The van der Waals surface area contributed by atoms with Crippen LogP contribution in [0.3, 0.4) is 0 Å². The van der Waals surface area contributed by atoms with E-state index < -0.39 is 0 Å². The Kier molecular flexibility index (Phi) is 17.7. The highest BCUT2D eigenvalue weighted by Gasteiger charge is 2.28. The molecule has 0 spiro atoms. The molecule has 0 N–H and O–H groups in total. The molecule has 0 aliphatic heterocycles. The van der Waals surface area contributed by atoms with Crippen molar-refractivity contribution in [3.63, 3.8) is 0 Å². The van der Waals surface area contributed by atoms with Gasteiger partial charge in [-0.1, -0.05) is 249 Å². The first-order chi connectivity index (χ1) is 55.5. The van der Waals surface area contributed by atoms with Crippen molar-refractivity contribution in [3.8, 4) is 78.9 Å². The van der Waals surface area contributed by atoms with Gasteiger partial charge in [0.05, 0.1) is 56.2 Å². The van der Waals surface area contributed by atoms with Gasteiger partial charge in [0.1, 0.15) is 23.0 Å². The fourth-order valence-electron chi connectivity index (χ4n) is 17.2. The number of hydrogen-bond acceptors (Lipinski definition) is 6. The Labute approximate surface area is 650 Å². The molecule has 0 radical (unpaired) electrons. The third-order valence-corrected chi connectivity index (χ3v) is 21.9. The van der Waals surface area contributed by atoms with E-state index in [4.69, 9.17) is 18.9 Å². The van der Waals surface area contributed by atoms with Crippen LogP contribution < -0.4 is 28.7 Å². The molecule has 2 heterocycles. The molecule has 0 unspecified atom stereocenters. The number of rotatable bonds is 16. The van der Waals surface area contributed by atoms with Crippen molar-refractivity contribution in [2.75, 3.05) is 38.2 Å². The summed E-state index contributed by atoms with van der Waals surface area (Å²) in [5, 5.41) is 13.9. The molecule has 0 amide bonds. The second-order valence-electron chi connectivity index (χ2n) is 27.9. The van der Waals surface area contributed by atoms with Crippen molar-refractivity contribution in [2.24, 2.45) is 0 Å². The van der Waals surface area contributed by atoms with Crippen LogP contribution in [0, 0.1) is 0 Å². The number of hydrogen-bond donors (Lipinski definition) is 0. The molecule has 112 heavy (non-hydrogen) atoms. The van der Waals surface area contributed by atoms with Crippen LogP contribution in [0.5, 0.6) is 23.0 Å². The first kappa shape index (κ1) is 68.0. The minimum atomic E-state index is 0.820. The van der Waals surface area contributed by atoms with E-state index in [1.165, 1.54) is 38.1 Å². The summed E-state index contributed by atoms with van der Waals surface area (Å²) in [6, 6.07) is 138. The van der Waals surface area contributed by atoms with E-state index in [0.29, 0.717) is 0 Å². The summed E-state index contributed by atoms with van der Waals surface area (Å²) in [6.45, 7) is 0. The van der Waals surface area contributed by atoms with Crippen LogP contribution in [0.4, 0.5) is 34.1 Å². The van der Waals surface area contributed by atoms with Crippen LogP contribution in [0.2, 0.25) is 0 Å². The van der Waals surface area contributed by atoms with Crippen molar-refractivity contribution in [1.29, 1.82) is 0 Å². The molecule has 0 saturated carbocycles. The zero-order chi connectivity index (χ0) is 75.2. The predicted molar refractivity (Wildman–Crippen MR) is 469 cm³/mol. The Bertz CT molecular complexity index is 6890. The Morgan fingerprint density at radius 1 is 0.196 bits per heavy atom. The maximum Gasteiger partial charge on any atom is 0.126 e. The van der Waals surface area contributed by atoms with Gasteiger partial charge in [-0.3, -0.25) is 0 Å².